The number of rotatable bonds is 8. The lowest BCUT2D eigenvalue weighted by molar-refractivity contribution is -0.119. The van der Waals surface area contributed by atoms with Crippen LogP contribution in [0.5, 0.6) is 11.5 Å². The lowest BCUT2D eigenvalue weighted by Gasteiger charge is -2.15. The summed E-state index contributed by atoms with van der Waals surface area (Å²) < 4.78 is 36.1. The van der Waals surface area contributed by atoms with Crippen molar-refractivity contribution in [3.05, 3.63) is 23.8 Å². The Bertz CT molecular complexity index is 558. The average molecular weight is 354 g/mol. The highest BCUT2D eigenvalue weighted by molar-refractivity contribution is 5.95. The van der Waals surface area contributed by atoms with E-state index in [1.165, 1.54) is 25.3 Å². The summed E-state index contributed by atoms with van der Waals surface area (Å²) in [5, 5.41) is 2.07. The molecule has 5 N–H and O–H groups in total. The van der Waals surface area contributed by atoms with Crippen molar-refractivity contribution in [2.75, 3.05) is 26.8 Å². The quantitative estimate of drug-likeness (QED) is 0.621. The highest BCUT2D eigenvalue weighted by Gasteiger charge is 2.27. The van der Waals surface area contributed by atoms with Gasteiger partial charge < -0.3 is 26.3 Å². The van der Waals surface area contributed by atoms with Gasteiger partial charge in [0.15, 0.2) is 18.1 Å². The minimum absolute atomic E-state index is 0. The number of hydrogen-bond donors (Lipinski definition) is 3. The fourth-order valence-corrected chi connectivity index (χ4v) is 1.46. The molecule has 1 aromatic rings. The van der Waals surface area contributed by atoms with Crippen molar-refractivity contribution in [1.82, 2.24) is 5.32 Å². The number of ether oxygens (including phenoxy) is 2. The summed E-state index contributed by atoms with van der Waals surface area (Å²) in [5.41, 5.74) is 9.93. The van der Waals surface area contributed by atoms with E-state index >= 15 is 0 Å². The lowest BCUT2D eigenvalue weighted by atomic mass is 10.2. The first-order chi connectivity index (χ1) is 10.3. The zero-order chi connectivity index (χ0) is 16.8. The van der Waals surface area contributed by atoms with Crippen molar-refractivity contribution in [1.29, 1.82) is 0 Å². The summed E-state index contributed by atoms with van der Waals surface area (Å²) in [6, 6.07) is 4.01. The van der Waals surface area contributed by atoms with Gasteiger partial charge in [0.25, 0.3) is 17.7 Å². The SMILES string of the molecule is COc1cc(C(=O)NCC(F)(F)CN)ccc1OCC(N)=O.Cl. The van der Waals surface area contributed by atoms with Crippen LogP contribution in [0, 0.1) is 0 Å². The highest BCUT2D eigenvalue weighted by Crippen LogP contribution is 2.28. The number of hydrogen-bond acceptors (Lipinski definition) is 5. The van der Waals surface area contributed by atoms with Gasteiger partial charge >= 0.3 is 0 Å². The van der Waals surface area contributed by atoms with Gasteiger partial charge in [-0.15, -0.1) is 12.4 Å². The van der Waals surface area contributed by atoms with E-state index in [1.807, 2.05) is 0 Å². The number of alkyl halides is 2. The second-order valence-corrected chi connectivity index (χ2v) is 4.36. The molecule has 0 saturated carbocycles. The Morgan fingerprint density at radius 1 is 1.30 bits per heavy atom. The predicted octanol–water partition coefficient (Wildman–Crippen LogP) is 0.305. The fourth-order valence-electron chi connectivity index (χ4n) is 1.46. The van der Waals surface area contributed by atoms with Gasteiger partial charge in [0, 0.05) is 5.56 Å². The third kappa shape index (κ3) is 6.66. The van der Waals surface area contributed by atoms with Crippen LogP contribution in [0.25, 0.3) is 0 Å². The Morgan fingerprint density at radius 2 is 1.96 bits per heavy atom. The maximum atomic E-state index is 13.0. The number of carbonyl (C=O) groups is 2. The van der Waals surface area contributed by atoms with Crippen molar-refractivity contribution < 1.29 is 27.8 Å². The van der Waals surface area contributed by atoms with Crippen molar-refractivity contribution in [3.8, 4) is 11.5 Å². The summed E-state index contributed by atoms with van der Waals surface area (Å²) in [6.45, 7) is -2.09. The maximum absolute atomic E-state index is 13.0. The van der Waals surface area contributed by atoms with E-state index in [1.54, 1.807) is 0 Å². The van der Waals surface area contributed by atoms with E-state index in [-0.39, 0.29) is 36.1 Å². The van der Waals surface area contributed by atoms with Gasteiger partial charge in [-0.2, -0.15) is 0 Å². The van der Waals surface area contributed by atoms with Gasteiger partial charge in [0.1, 0.15) is 0 Å². The molecule has 130 valence electrons. The van der Waals surface area contributed by atoms with Gasteiger partial charge in [-0.05, 0) is 18.2 Å². The Kier molecular flexibility index (Phi) is 8.27. The third-order valence-corrected chi connectivity index (χ3v) is 2.60. The molecule has 0 spiro atoms. The van der Waals surface area contributed by atoms with E-state index in [4.69, 9.17) is 20.9 Å². The zero-order valence-corrected chi connectivity index (χ0v) is 13.1. The molecule has 1 aromatic carbocycles. The summed E-state index contributed by atoms with van der Waals surface area (Å²) in [4.78, 5) is 22.5. The number of amides is 2. The molecule has 0 aromatic heterocycles. The number of primary amides is 1. The van der Waals surface area contributed by atoms with Crippen LogP contribution in [-0.2, 0) is 4.79 Å². The second kappa shape index (κ2) is 9.11. The minimum atomic E-state index is -3.18. The molecule has 1 rings (SSSR count). The van der Waals surface area contributed by atoms with E-state index in [0.717, 1.165) is 0 Å². The first-order valence-corrected chi connectivity index (χ1v) is 6.24. The molecule has 7 nitrogen and oxygen atoms in total. The van der Waals surface area contributed by atoms with E-state index in [9.17, 15) is 18.4 Å². The zero-order valence-electron chi connectivity index (χ0n) is 12.3. The average Bonchev–Trinajstić information content (AvgIpc) is 2.50. The number of nitrogens with two attached hydrogens (primary N) is 2. The fraction of sp³-hybridized carbons (Fsp3) is 0.385. The largest absolute Gasteiger partial charge is 0.493 e. The predicted molar refractivity (Wildman–Crippen MR) is 81.3 cm³/mol. The molecule has 0 aliphatic carbocycles. The topological polar surface area (TPSA) is 117 Å². The van der Waals surface area contributed by atoms with E-state index in [2.05, 4.69) is 5.32 Å². The first-order valence-electron chi connectivity index (χ1n) is 6.24. The molecule has 0 saturated heterocycles. The molecule has 10 heteroatoms. The molecule has 0 radical (unpaired) electrons. The Hall–Kier alpha value is -2.13. The smallest absolute Gasteiger partial charge is 0.277 e. The van der Waals surface area contributed by atoms with Gasteiger partial charge in [0.05, 0.1) is 20.2 Å². The van der Waals surface area contributed by atoms with Crippen molar-refractivity contribution in [2.45, 2.75) is 5.92 Å². The number of benzene rings is 1. The van der Waals surface area contributed by atoms with Crippen LogP contribution in [-0.4, -0.2) is 44.5 Å². The summed E-state index contributed by atoms with van der Waals surface area (Å²) >= 11 is 0. The molecule has 0 aliphatic heterocycles. The minimum Gasteiger partial charge on any atom is -0.493 e. The Labute approximate surface area is 137 Å². The van der Waals surface area contributed by atoms with Crippen molar-refractivity contribution in [2.24, 2.45) is 11.5 Å². The highest BCUT2D eigenvalue weighted by atomic mass is 35.5. The molecule has 0 bridgehead atoms. The lowest BCUT2D eigenvalue weighted by Crippen LogP contribution is -2.41. The Morgan fingerprint density at radius 3 is 2.48 bits per heavy atom. The third-order valence-electron chi connectivity index (χ3n) is 2.60. The molecular formula is C13H18ClF2N3O4. The summed E-state index contributed by atoms with van der Waals surface area (Å²) in [7, 11) is 1.33. The van der Waals surface area contributed by atoms with Gasteiger partial charge in [-0.3, -0.25) is 9.59 Å². The molecule has 0 atom stereocenters. The molecule has 23 heavy (non-hydrogen) atoms. The molecule has 0 unspecified atom stereocenters. The van der Waals surface area contributed by atoms with Gasteiger partial charge in [-0.25, -0.2) is 8.78 Å². The van der Waals surface area contributed by atoms with Crippen LogP contribution in [0.3, 0.4) is 0 Å². The number of halogens is 3. The first kappa shape index (κ1) is 20.9. The van der Waals surface area contributed by atoms with Gasteiger partial charge in [0.2, 0.25) is 0 Å². The number of carbonyl (C=O) groups excluding carboxylic acids is 2. The van der Waals surface area contributed by atoms with Crippen LogP contribution >= 0.6 is 12.4 Å². The number of nitrogens with one attached hydrogen (secondary N) is 1. The molecule has 2 amide bonds. The van der Waals surface area contributed by atoms with Crippen molar-refractivity contribution >= 4 is 24.2 Å². The monoisotopic (exact) mass is 353 g/mol. The second-order valence-electron chi connectivity index (χ2n) is 4.36. The standard InChI is InChI=1S/C13H17F2N3O4.ClH/c1-21-10-4-8(2-3-9(10)22-5-11(17)19)12(20)18-7-13(14,15)6-16;/h2-4H,5-7,16H2,1H3,(H2,17,19)(H,18,20);1H. The van der Waals surface area contributed by atoms with Crippen molar-refractivity contribution in [3.63, 3.8) is 0 Å². The maximum Gasteiger partial charge on any atom is 0.277 e. The molecule has 0 heterocycles. The van der Waals surface area contributed by atoms with Crippen LogP contribution < -0.4 is 26.3 Å². The molecule has 0 aliphatic rings. The Balaban J connectivity index is 0.00000484. The van der Waals surface area contributed by atoms with Crippen LogP contribution in [0.2, 0.25) is 0 Å². The van der Waals surface area contributed by atoms with Gasteiger partial charge in [-0.1, -0.05) is 0 Å². The van der Waals surface area contributed by atoms with Crippen LogP contribution in [0.15, 0.2) is 18.2 Å². The molecular weight excluding hydrogens is 336 g/mol. The number of methoxy groups -OCH3 is 1. The van der Waals surface area contributed by atoms with E-state index in [0.29, 0.717) is 0 Å². The van der Waals surface area contributed by atoms with Crippen LogP contribution in [0.1, 0.15) is 10.4 Å². The summed E-state index contributed by atoms with van der Waals surface area (Å²) in [6.07, 6.45) is 0. The van der Waals surface area contributed by atoms with Crippen LogP contribution in [0.4, 0.5) is 8.78 Å². The van der Waals surface area contributed by atoms with E-state index < -0.39 is 30.8 Å². The summed E-state index contributed by atoms with van der Waals surface area (Å²) in [5.74, 6) is -4.20. The molecule has 0 fully saturated rings. The normalized spacial score (nSPS) is 10.4.